The number of hydrogen-bond acceptors (Lipinski definition) is 4. The molecule has 2 N–H and O–H groups in total. The number of rotatable bonds is 4. The molecule has 5 nitrogen and oxygen atoms in total. The fraction of sp³-hybridized carbons (Fsp3) is 0.273. The number of nitrogens with zero attached hydrogens (tertiary/aromatic N) is 2. The van der Waals surface area contributed by atoms with Gasteiger partial charge in [0.05, 0.1) is 19.4 Å². The van der Waals surface area contributed by atoms with Crippen LogP contribution in [0.25, 0.3) is 0 Å². The van der Waals surface area contributed by atoms with Crippen LogP contribution in [0.2, 0.25) is 0 Å². The van der Waals surface area contributed by atoms with Crippen molar-refractivity contribution in [1.82, 2.24) is 15.6 Å². The van der Waals surface area contributed by atoms with Crippen LogP contribution in [0, 0.1) is 0 Å². The summed E-state index contributed by atoms with van der Waals surface area (Å²) in [4.78, 5) is 8.30. The first-order valence-electron chi connectivity index (χ1n) is 5.24. The van der Waals surface area contributed by atoms with Crippen molar-refractivity contribution >= 4 is 17.3 Å². The summed E-state index contributed by atoms with van der Waals surface area (Å²) >= 11 is 1.62. The van der Waals surface area contributed by atoms with Crippen molar-refractivity contribution in [2.45, 2.75) is 13.1 Å². The normalized spacial score (nSPS) is 11.5. The molecule has 17 heavy (non-hydrogen) atoms. The Labute approximate surface area is 104 Å². The van der Waals surface area contributed by atoms with E-state index in [4.69, 9.17) is 4.42 Å². The monoisotopic (exact) mass is 250 g/mol. The first-order valence-corrected chi connectivity index (χ1v) is 6.11. The maximum absolute atomic E-state index is 5.22. The van der Waals surface area contributed by atoms with Gasteiger partial charge in [0.15, 0.2) is 5.96 Å². The van der Waals surface area contributed by atoms with E-state index in [0.717, 1.165) is 16.7 Å². The summed E-state index contributed by atoms with van der Waals surface area (Å²) in [5.41, 5.74) is 0. The summed E-state index contributed by atoms with van der Waals surface area (Å²) in [5.74, 6) is 1.61. The number of furan rings is 1. The Morgan fingerprint density at radius 1 is 1.47 bits per heavy atom. The lowest BCUT2D eigenvalue weighted by molar-refractivity contribution is 0.501. The third-order valence-corrected chi connectivity index (χ3v) is 2.90. The van der Waals surface area contributed by atoms with Gasteiger partial charge in [-0.15, -0.1) is 11.3 Å². The standard InChI is InChI=1S/C11H14N4OS/c1-12-11(14-7-9-3-2-5-16-9)15-8-10-13-4-6-17-10/h2-6H,7-8H2,1H3,(H2,12,14,15). The van der Waals surface area contributed by atoms with Crippen molar-refractivity contribution in [3.63, 3.8) is 0 Å². The van der Waals surface area contributed by atoms with Gasteiger partial charge in [0, 0.05) is 18.6 Å². The highest BCUT2D eigenvalue weighted by molar-refractivity contribution is 7.09. The van der Waals surface area contributed by atoms with E-state index in [-0.39, 0.29) is 0 Å². The van der Waals surface area contributed by atoms with E-state index in [2.05, 4.69) is 20.6 Å². The molecular formula is C11H14N4OS. The Morgan fingerprint density at radius 3 is 3.00 bits per heavy atom. The molecule has 0 fully saturated rings. The molecule has 0 amide bonds. The van der Waals surface area contributed by atoms with Crippen molar-refractivity contribution in [2.75, 3.05) is 7.05 Å². The molecule has 0 saturated heterocycles. The number of aliphatic imine (C=N–C) groups is 1. The quantitative estimate of drug-likeness (QED) is 0.639. The van der Waals surface area contributed by atoms with E-state index in [1.807, 2.05) is 17.5 Å². The molecule has 2 aromatic heterocycles. The zero-order valence-corrected chi connectivity index (χ0v) is 10.3. The summed E-state index contributed by atoms with van der Waals surface area (Å²) in [5, 5.41) is 9.32. The second kappa shape index (κ2) is 6.05. The molecule has 0 radical (unpaired) electrons. The van der Waals surface area contributed by atoms with Crippen molar-refractivity contribution < 1.29 is 4.42 Å². The molecule has 2 rings (SSSR count). The van der Waals surface area contributed by atoms with E-state index in [0.29, 0.717) is 13.1 Å². The average molecular weight is 250 g/mol. The Balaban J connectivity index is 1.77. The van der Waals surface area contributed by atoms with E-state index in [1.165, 1.54) is 0 Å². The van der Waals surface area contributed by atoms with Gasteiger partial charge in [-0.25, -0.2) is 4.98 Å². The number of nitrogens with one attached hydrogen (secondary N) is 2. The molecule has 0 aliphatic carbocycles. The van der Waals surface area contributed by atoms with Crippen LogP contribution >= 0.6 is 11.3 Å². The predicted octanol–water partition coefficient (Wildman–Crippen LogP) is 1.60. The van der Waals surface area contributed by atoms with Gasteiger partial charge in [0.2, 0.25) is 0 Å². The summed E-state index contributed by atoms with van der Waals surface area (Å²) < 4.78 is 5.22. The molecule has 2 aromatic rings. The zero-order valence-electron chi connectivity index (χ0n) is 9.51. The first kappa shape index (κ1) is 11.7. The summed E-state index contributed by atoms with van der Waals surface area (Å²) in [6, 6.07) is 3.78. The number of thiazole rings is 1. The molecule has 6 heteroatoms. The minimum atomic E-state index is 0.616. The maximum atomic E-state index is 5.22. The van der Waals surface area contributed by atoms with Crippen LogP contribution in [-0.2, 0) is 13.1 Å². The van der Waals surface area contributed by atoms with Gasteiger partial charge in [-0.1, -0.05) is 0 Å². The number of hydrogen-bond donors (Lipinski definition) is 2. The van der Waals surface area contributed by atoms with Crippen molar-refractivity contribution in [3.8, 4) is 0 Å². The van der Waals surface area contributed by atoms with E-state index >= 15 is 0 Å². The van der Waals surface area contributed by atoms with Gasteiger partial charge < -0.3 is 15.1 Å². The molecule has 90 valence electrons. The lowest BCUT2D eigenvalue weighted by Crippen LogP contribution is -2.36. The topological polar surface area (TPSA) is 62.5 Å². The molecule has 0 bridgehead atoms. The summed E-state index contributed by atoms with van der Waals surface area (Å²) in [6.45, 7) is 1.29. The Kier molecular flexibility index (Phi) is 4.15. The summed E-state index contributed by atoms with van der Waals surface area (Å²) in [7, 11) is 1.74. The molecule has 0 aliphatic heterocycles. The van der Waals surface area contributed by atoms with Crippen molar-refractivity contribution in [2.24, 2.45) is 4.99 Å². The fourth-order valence-corrected chi connectivity index (χ4v) is 1.86. The SMILES string of the molecule is CN=C(NCc1ccco1)NCc1nccs1. The molecular weight excluding hydrogens is 236 g/mol. The molecule has 0 atom stereocenters. The van der Waals surface area contributed by atoms with Crippen LogP contribution in [0.15, 0.2) is 39.4 Å². The second-order valence-electron chi connectivity index (χ2n) is 3.28. The molecule has 0 saturated carbocycles. The molecule has 0 aromatic carbocycles. The Bertz CT molecular complexity index is 410. The average Bonchev–Trinajstić information content (AvgIpc) is 3.02. The van der Waals surface area contributed by atoms with Gasteiger partial charge >= 0.3 is 0 Å². The third-order valence-electron chi connectivity index (χ3n) is 2.12. The highest BCUT2D eigenvalue weighted by Crippen LogP contribution is 2.02. The fourth-order valence-electron chi connectivity index (χ4n) is 1.30. The van der Waals surface area contributed by atoms with Crippen molar-refractivity contribution in [3.05, 3.63) is 40.7 Å². The van der Waals surface area contributed by atoms with Gasteiger partial charge in [0.25, 0.3) is 0 Å². The minimum absolute atomic E-state index is 0.616. The minimum Gasteiger partial charge on any atom is -0.467 e. The largest absolute Gasteiger partial charge is 0.467 e. The predicted molar refractivity (Wildman–Crippen MR) is 67.9 cm³/mol. The van der Waals surface area contributed by atoms with Crippen LogP contribution in [0.4, 0.5) is 0 Å². The van der Waals surface area contributed by atoms with Gasteiger partial charge in [-0.2, -0.15) is 0 Å². The third kappa shape index (κ3) is 3.60. The van der Waals surface area contributed by atoms with Crippen LogP contribution in [0.5, 0.6) is 0 Å². The number of guanidine groups is 1. The highest BCUT2D eigenvalue weighted by Gasteiger charge is 2.01. The van der Waals surface area contributed by atoms with E-state index in [9.17, 15) is 0 Å². The van der Waals surface area contributed by atoms with Gasteiger partial charge in [-0.05, 0) is 12.1 Å². The van der Waals surface area contributed by atoms with Crippen LogP contribution in [0.1, 0.15) is 10.8 Å². The maximum Gasteiger partial charge on any atom is 0.191 e. The molecule has 0 unspecified atom stereocenters. The van der Waals surface area contributed by atoms with Crippen molar-refractivity contribution in [1.29, 1.82) is 0 Å². The Morgan fingerprint density at radius 2 is 2.35 bits per heavy atom. The van der Waals surface area contributed by atoms with E-state index in [1.54, 1.807) is 30.8 Å². The molecule has 0 spiro atoms. The van der Waals surface area contributed by atoms with Crippen LogP contribution < -0.4 is 10.6 Å². The van der Waals surface area contributed by atoms with Gasteiger partial charge in [0.1, 0.15) is 10.8 Å². The highest BCUT2D eigenvalue weighted by atomic mass is 32.1. The molecule has 2 heterocycles. The number of aromatic nitrogens is 1. The molecule has 0 aliphatic rings. The smallest absolute Gasteiger partial charge is 0.191 e. The Hall–Kier alpha value is -1.82. The zero-order chi connectivity index (χ0) is 11.9. The van der Waals surface area contributed by atoms with Crippen LogP contribution in [0.3, 0.4) is 0 Å². The lowest BCUT2D eigenvalue weighted by Gasteiger charge is -2.09. The van der Waals surface area contributed by atoms with Crippen LogP contribution in [-0.4, -0.2) is 18.0 Å². The lowest BCUT2D eigenvalue weighted by atomic mass is 10.4. The first-order chi connectivity index (χ1) is 8.38. The summed E-state index contributed by atoms with van der Waals surface area (Å²) in [6.07, 6.45) is 3.45. The second-order valence-corrected chi connectivity index (χ2v) is 4.26. The van der Waals surface area contributed by atoms with E-state index < -0.39 is 0 Å². The van der Waals surface area contributed by atoms with Gasteiger partial charge in [-0.3, -0.25) is 4.99 Å².